The molecule has 0 bridgehead atoms. The number of carbonyl (C=O) groups excluding carboxylic acids is 1. The molecule has 2 aromatic heterocycles. The fourth-order valence-electron chi connectivity index (χ4n) is 3.28. The molecule has 0 spiro atoms. The van der Waals surface area contributed by atoms with Crippen LogP contribution < -0.4 is 14.5 Å². The second kappa shape index (κ2) is 6.86. The van der Waals surface area contributed by atoms with E-state index in [1.54, 1.807) is 6.07 Å². The fourth-order valence-corrected chi connectivity index (χ4v) is 3.28. The lowest BCUT2D eigenvalue weighted by Gasteiger charge is -2.35. The highest BCUT2D eigenvalue weighted by Gasteiger charge is 2.27. The van der Waals surface area contributed by atoms with Gasteiger partial charge in [-0.2, -0.15) is 10.1 Å². The Morgan fingerprint density at radius 2 is 1.81 bits per heavy atom. The highest BCUT2D eigenvalue weighted by Crippen LogP contribution is 2.39. The van der Waals surface area contributed by atoms with Crippen molar-refractivity contribution >= 4 is 17.6 Å². The minimum atomic E-state index is -0.448. The van der Waals surface area contributed by atoms with Gasteiger partial charge in [0.05, 0.1) is 14.2 Å². The Morgan fingerprint density at radius 1 is 1.12 bits per heavy atom. The average molecular weight is 357 g/mol. The van der Waals surface area contributed by atoms with Crippen LogP contribution in [0.3, 0.4) is 0 Å². The van der Waals surface area contributed by atoms with Crippen molar-refractivity contribution in [1.29, 1.82) is 0 Å². The first-order valence-electron chi connectivity index (χ1n) is 8.88. The molecule has 1 saturated carbocycles. The average Bonchev–Trinajstić information content (AvgIpc) is 3.43. The molecule has 1 aliphatic carbocycles. The highest BCUT2D eigenvalue weighted by molar-refractivity contribution is 5.92. The van der Waals surface area contributed by atoms with Gasteiger partial charge in [-0.15, -0.1) is 0 Å². The van der Waals surface area contributed by atoms with E-state index in [9.17, 15) is 4.79 Å². The van der Waals surface area contributed by atoms with Gasteiger partial charge in [0.2, 0.25) is 5.88 Å². The number of aromatic amines is 1. The number of rotatable bonds is 5. The third-order valence-electron chi connectivity index (χ3n) is 4.97. The van der Waals surface area contributed by atoms with Crippen LogP contribution in [0.5, 0.6) is 5.88 Å². The van der Waals surface area contributed by atoms with Crippen molar-refractivity contribution in [3.05, 3.63) is 29.5 Å². The minimum absolute atomic E-state index is 0.290. The lowest BCUT2D eigenvalue weighted by molar-refractivity contribution is 0.0596. The van der Waals surface area contributed by atoms with E-state index in [1.807, 2.05) is 6.07 Å². The van der Waals surface area contributed by atoms with Gasteiger partial charge in [0.25, 0.3) is 0 Å². The molecule has 0 atom stereocenters. The monoisotopic (exact) mass is 357 g/mol. The zero-order valence-corrected chi connectivity index (χ0v) is 15.1. The van der Waals surface area contributed by atoms with Crippen molar-refractivity contribution in [2.45, 2.75) is 18.8 Å². The lowest BCUT2D eigenvalue weighted by atomic mass is 10.2. The van der Waals surface area contributed by atoms with Crippen LogP contribution in [0.1, 0.15) is 34.8 Å². The van der Waals surface area contributed by atoms with E-state index in [2.05, 4.69) is 31.0 Å². The number of anilines is 2. The third-order valence-corrected chi connectivity index (χ3v) is 4.97. The molecular weight excluding hydrogens is 334 g/mol. The van der Waals surface area contributed by atoms with E-state index in [4.69, 9.17) is 9.47 Å². The van der Waals surface area contributed by atoms with E-state index < -0.39 is 5.97 Å². The van der Waals surface area contributed by atoms with Crippen molar-refractivity contribution < 1.29 is 14.3 Å². The first kappa shape index (κ1) is 16.7. The minimum Gasteiger partial charge on any atom is -0.480 e. The molecule has 1 N–H and O–H groups in total. The maximum Gasteiger partial charge on any atom is 0.343 e. The van der Waals surface area contributed by atoms with Gasteiger partial charge in [-0.3, -0.25) is 5.10 Å². The predicted molar refractivity (Wildman–Crippen MR) is 97.1 cm³/mol. The Bertz CT molecular complexity index is 794. The third kappa shape index (κ3) is 3.18. The van der Waals surface area contributed by atoms with E-state index in [-0.39, 0.29) is 5.88 Å². The van der Waals surface area contributed by atoms with Gasteiger partial charge in [0.15, 0.2) is 5.82 Å². The van der Waals surface area contributed by atoms with E-state index >= 15 is 0 Å². The van der Waals surface area contributed by atoms with Crippen LogP contribution in [0.25, 0.3) is 0 Å². The summed E-state index contributed by atoms with van der Waals surface area (Å²) in [6, 6.07) is 5.72. The normalized spacial score (nSPS) is 17.3. The molecule has 4 rings (SSSR count). The Kier molecular flexibility index (Phi) is 4.40. The van der Waals surface area contributed by atoms with Crippen LogP contribution in [-0.4, -0.2) is 61.5 Å². The lowest BCUT2D eigenvalue weighted by Crippen LogP contribution is -2.47. The molecule has 138 valence electrons. The Hall–Kier alpha value is -2.77. The summed E-state index contributed by atoms with van der Waals surface area (Å²) in [5.41, 5.74) is 1.59. The number of nitrogens with one attached hydrogen (secondary N) is 1. The van der Waals surface area contributed by atoms with Crippen molar-refractivity contribution in [3.8, 4) is 5.88 Å². The number of methoxy groups -OCH3 is 2. The maximum atomic E-state index is 11.8. The topological polar surface area (TPSA) is 83.6 Å². The van der Waals surface area contributed by atoms with Crippen LogP contribution in [0, 0.1) is 0 Å². The standard InChI is InChI=1S/C18H23N5O3/c1-25-17-13(18(24)26-2)5-6-15(19-17)22-7-9-23(10-8-22)16-11-14(20-21-16)12-3-4-12/h5-6,11-12H,3-4,7-10H2,1-2H3,(H,20,21). The number of H-pyrrole nitrogens is 1. The smallest absolute Gasteiger partial charge is 0.343 e. The summed E-state index contributed by atoms with van der Waals surface area (Å²) in [6.45, 7) is 3.41. The zero-order chi connectivity index (χ0) is 18.1. The van der Waals surface area contributed by atoms with Gasteiger partial charge in [0, 0.05) is 43.9 Å². The van der Waals surface area contributed by atoms with Crippen LogP contribution >= 0.6 is 0 Å². The number of piperazine rings is 1. The number of pyridine rings is 1. The molecule has 1 aliphatic heterocycles. The highest BCUT2D eigenvalue weighted by atomic mass is 16.5. The summed E-state index contributed by atoms with van der Waals surface area (Å²) in [6.07, 6.45) is 2.54. The number of carbonyl (C=O) groups is 1. The Balaban J connectivity index is 1.43. The SMILES string of the molecule is COC(=O)c1ccc(N2CCN(c3cc(C4CC4)[nH]n3)CC2)nc1OC. The van der Waals surface area contributed by atoms with Gasteiger partial charge in [-0.05, 0) is 25.0 Å². The van der Waals surface area contributed by atoms with E-state index in [0.29, 0.717) is 11.5 Å². The van der Waals surface area contributed by atoms with Crippen molar-refractivity contribution in [1.82, 2.24) is 15.2 Å². The molecule has 2 aromatic rings. The summed E-state index contributed by atoms with van der Waals surface area (Å²) < 4.78 is 10.0. The molecule has 8 heteroatoms. The first-order valence-corrected chi connectivity index (χ1v) is 8.88. The van der Waals surface area contributed by atoms with Crippen molar-refractivity contribution in [3.63, 3.8) is 0 Å². The summed E-state index contributed by atoms with van der Waals surface area (Å²) in [7, 11) is 2.85. The number of aromatic nitrogens is 3. The van der Waals surface area contributed by atoms with Gasteiger partial charge in [-0.1, -0.05) is 0 Å². The molecule has 2 aliphatic rings. The molecule has 3 heterocycles. The molecule has 0 amide bonds. The quantitative estimate of drug-likeness (QED) is 0.817. The van der Waals surface area contributed by atoms with Gasteiger partial charge < -0.3 is 19.3 Å². The number of nitrogens with zero attached hydrogens (tertiary/aromatic N) is 4. The maximum absolute atomic E-state index is 11.8. The predicted octanol–water partition coefficient (Wildman–Crippen LogP) is 1.80. The zero-order valence-electron chi connectivity index (χ0n) is 15.1. The summed E-state index contributed by atoms with van der Waals surface area (Å²) in [4.78, 5) is 20.7. The number of ether oxygens (including phenoxy) is 2. The first-order chi connectivity index (χ1) is 12.7. The molecule has 0 aromatic carbocycles. The number of hydrogen-bond donors (Lipinski definition) is 1. The van der Waals surface area contributed by atoms with E-state index in [0.717, 1.165) is 37.8 Å². The molecule has 26 heavy (non-hydrogen) atoms. The van der Waals surface area contributed by atoms with Crippen LogP contribution in [0.15, 0.2) is 18.2 Å². The summed E-state index contributed by atoms with van der Waals surface area (Å²) in [5, 5.41) is 7.63. The number of hydrogen-bond acceptors (Lipinski definition) is 7. The Morgan fingerprint density at radius 3 is 2.42 bits per heavy atom. The molecule has 0 unspecified atom stereocenters. The second-order valence-electron chi connectivity index (χ2n) is 6.65. The Labute approximate surface area is 152 Å². The van der Waals surface area contributed by atoms with Crippen molar-refractivity contribution in [2.24, 2.45) is 0 Å². The van der Waals surface area contributed by atoms with Gasteiger partial charge in [0.1, 0.15) is 11.4 Å². The van der Waals surface area contributed by atoms with E-state index in [1.165, 1.54) is 32.8 Å². The van der Waals surface area contributed by atoms with Crippen LogP contribution in [-0.2, 0) is 4.74 Å². The molecule has 0 radical (unpaired) electrons. The summed E-state index contributed by atoms with van der Waals surface area (Å²) in [5.74, 6) is 2.35. The number of esters is 1. The van der Waals surface area contributed by atoms with Gasteiger partial charge >= 0.3 is 5.97 Å². The van der Waals surface area contributed by atoms with Crippen LogP contribution in [0.2, 0.25) is 0 Å². The van der Waals surface area contributed by atoms with Gasteiger partial charge in [-0.25, -0.2) is 4.79 Å². The molecular formula is C18H23N5O3. The largest absolute Gasteiger partial charge is 0.480 e. The fraction of sp³-hybridized carbons (Fsp3) is 0.500. The van der Waals surface area contributed by atoms with Crippen molar-refractivity contribution in [2.75, 3.05) is 50.2 Å². The molecule has 8 nitrogen and oxygen atoms in total. The van der Waals surface area contributed by atoms with Crippen LogP contribution in [0.4, 0.5) is 11.6 Å². The molecule has 1 saturated heterocycles. The second-order valence-corrected chi connectivity index (χ2v) is 6.65. The summed E-state index contributed by atoms with van der Waals surface area (Å²) >= 11 is 0. The molecule has 2 fully saturated rings.